The number of rotatable bonds is 5. The van der Waals surface area contributed by atoms with Gasteiger partial charge in [0.05, 0.1) is 12.5 Å². The van der Waals surface area contributed by atoms with Gasteiger partial charge in [-0.05, 0) is 30.7 Å². The van der Waals surface area contributed by atoms with E-state index >= 15 is 0 Å². The molecule has 7 heteroatoms. The molecule has 3 aromatic rings. The lowest BCUT2D eigenvalue weighted by molar-refractivity contribution is 0.0746. The second-order valence-corrected chi connectivity index (χ2v) is 6.11. The molecule has 0 saturated heterocycles. The molecule has 1 heterocycles. The van der Waals surface area contributed by atoms with Crippen molar-refractivity contribution < 1.29 is 13.9 Å². The van der Waals surface area contributed by atoms with Crippen LogP contribution < -0.4 is 10.3 Å². The van der Waals surface area contributed by atoms with Gasteiger partial charge in [-0.3, -0.25) is 9.59 Å². The third-order valence-electron chi connectivity index (χ3n) is 4.42. The molecule has 0 radical (unpaired) electrons. The van der Waals surface area contributed by atoms with Crippen LogP contribution in [0, 0.1) is 5.82 Å². The quantitative estimate of drug-likeness (QED) is 0.694. The molecule has 0 aliphatic heterocycles. The molecule has 2 aromatic carbocycles. The standard InChI is InChI=1S/C20H20FN3O3/c1-4-24(12-13-9-10-17(27-3)16(21)11-13)20(26)18-14-7-5-6-8-15(14)19(25)23(2)22-18/h5-11H,4,12H2,1-3H3. The van der Waals surface area contributed by atoms with Gasteiger partial charge in [-0.25, -0.2) is 9.07 Å². The summed E-state index contributed by atoms with van der Waals surface area (Å²) in [6, 6.07) is 11.5. The molecule has 0 saturated carbocycles. The number of carbonyl (C=O) groups is 1. The summed E-state index contributed by atoms with van der Waals surface area (Å²) in [5.74, 6) is -0.649. The Kier molecular flexibility index (Phi) is 5.21. The Morgan fingerprint density at radius 3 is 2.56 bits per heavy atom. The average Bonchev–Trinajstić information content (AvgIpc) is 2.68. The third kappa shape index (κ3) is 3.53. The summed E-state index contributed by atoms with van der Waals surface area (Å²) in [7, 11) is 2.91. The Hall–Kier alpha value is -3.22. The summed E-state index contributed by atoms with van der Waals surface area (Å²) in [5.41, 5.74) is 0.573. The highest BCUT2D eigenvalue weighted by Gasteiger charge is 2.21. The Bertz CT molecular complexity index is 1060. The van der Waals surface area contributed by atoms with E-state index in [-0.39, 0.29) is 29.5 Å². The smallest absolute Gasteiger partial charge is 0.275 e. The van der Waals surface area contributed by atoms with E-state index in [1.165, 1.54) is 26.3 Å². The first-order chi connectivity index (χ1) is 13.0. The van der Waals surface area contributed by atoms with Crippen molar-refractivity contribution in [2.75, 3.05) is 13.7 Å². The summed E-state index contributed by atoms with van der Waals surface area (Å²) in [5, 5.41) is 5.11. The fraction of sp³-hybridized carbons (Fsp3) is 0.250. The van der Waals surface area contributed by atoms with Crippen molar-refractivity contribution in [3.8, 4) is 5.75 Å². The number of aryl methyl sites for hydroxylation is 1. The molecule has 3 rings (SSSR count). The minimum Gasteiger partial charge on any atom is -0.494 e. The first-order valence-electron chi connectivity index (χ1n) is 8.54. The molecule has 1 amide bonds. The predicted octanol–water partition coefficient (Wildman–Crippen LogP) is 2.74. The maximum Gasteiger partial charge on any atom is 0.275 e. The molecule has 6 nitrogen and oxygen atoms in total. The van der Waals surface area contributed by atoms with Crippen molar-refractivity contribution >= 4 is 16.7 Å². The SMILES string of the molecule is CCN(Cc1ccc(OC)c(F)c1)C(=O)c1nn(C)c(=O)c2ccccc12. The number of fused-ring (bicyclic) bond motifs is 1. The van der Waals surface area contributed by atoms with E-state index in [4.69, 9.17) is 4.74 Å². The number of ether oxygens (including phenoxy) is 1. The number of hydrogen-bond donors (Lipinski definition) is 0. The van der Waals surface area contributed by atoms with Crippen LogP contribution in [0.5, 0.6) is 5.75 Å². The highest BCUT2D eigenvalue weighted by atomic mass is 19.1. The normalized spacial score (nSPS) is 10.8. The molecule has 0 unspecified atom stereocenters. The van der Waals surface area contributed by atoms with E-state index in [2.05, 4.69) is 5.10 Å². The van der Waals surface area contributed by atoms with Crippen LogP contribution in [0.15, 0.2) is 47.3 Å². The summed E-state index contributed by atoms with van der Waals surface area (Å²) in [6.07, 6.45) is 0. The largest absolute Gasteiger partial charge is 0.494 e. The number of amides is 1. The van der Waals surface area contributed by atoms with Gasteiger partial charge >= 0.3 is 0 Å². The molecule has 0 spiro atoms. The third-order valence-corrected chi connectivity index (χ3v) is 4.42. The van der Waals surface area contributed by atoms with E-state index in [9.17, 15) is 14.0 Å². The number of halogens is 1. The van der Waals surface area contributed by atoms with Crippen molar-refractivity contribution in [2.24, 2.45) is 7.05 Å². The van der Waals surface area contributed by atoms with Crippen LogP contribution in [0.25, 0.3) is 10.8 Å². The van der Waals surface area contributed by atoms with Crippen molar-refractivity contribution in [1.82, 2.24) is 14.7 Å². The zero-order valence-electron chi connectivity index (χ0n) is 15.4. The molecule has 0 fully saturated rings. The number of carbonyl (C=O) groups excluding carboxylic acids is 1. The first-order valence-corrected chi connectivity index (χ1v) is 8.54. The number of methoxy groups -OCH3 is 1. The van der Waals surface area contributed by atoms with E-state index < -0.39 is 5.82 Å². The summed E-state index contributed by atoms with van der Waals surface area (Å²) >= 11 is 0. The molecular formula is C20H20FN3O3. The van der Waals surface area contributed by atoms with Crippen LogP contribution in [0.2, 0.25) is 0 Å². The first kappa shape index (κ1) is 18.6. The lowest BCUT2D eigenvalue weighted by atomic mass is 10.1. The van der Waals surface area contributed by atoms with Gasteiger partial charge in [-0.15, -0.1) is 0 Å². The van der Waals surface area contributed by atoms with Gasteiger partial charge in [0.1, 0.15) is 0 Å². The molecule has 27 heavy (non-hydrogen) atoms. The van der Waals surface area contributed by atoms with Gasteiger partial charge in [0.15, 0.2) is 17.3 Å². The number of benzene rings is 2. The van der Waals surface area contributed by atoms with Crippen LogP contribution in [0.3, 0.4) is 0 Å². The lowest BCUT2D eigenvalue weighted by Gasteiger charge is -2.21. The van der Waals surface area contributed by atoms with Gasteiger partial charge in [0, 0.05) is 25.5 Å². The lowest BCUT2D eigenvalue weighted by Crippen LogP contribution is -2.33. The van der Waals surface area contributed by atoms with Crippen LogP contribution in [-0.2, 0) is 13.6 Å². The van der Waals surface area contributed by atoms with Gasteiger partial charge in [-0.1, -0.05) is 24.3 Å². The fourth-order valence-electron chi connectivity index (χ4n) is 2.96. The zero-order chi connectivity index (χ0) is 19.6. The molecule has 0 aliphatic carbocycles. The molecular weight excluding hydrogens is 349 g/mol. The predicted molar refractivity (Wildman–Crippen MR) is 100 cm³/mol. The van der Waals surface area contributed by atoms with E-state index in [1.807, 2.05) is 6.92 Å². The molecule has 0 N–H and O–H groups in total. The number of nitrogens with zero attached hydrogens (tertiary/aromatic N) is 3. The van der Waals surface area contributed by atoms with E-state index in [0.29, 0.717) is 22.9 Å². The van der Waals surface area contributed by atoms with Crippen LogP contribution in [0.1, 0.15) is 23.0 Å². The second kappa shape index (κ2) is 7.57. The number of hydrogen-bond acceptors (Lipinski definition) is 4. The van der Waals surface area contributed by atoms with Crippen LogP contribution >= 0.6 is 0 Å². The molecule has 0 bridgehead atoms. The fourth-order valence-corrected chi connectivity index (χ4v) is 2.96. The average molecular weight is 369 g/mol. The van der Waals surface area contributed by atoms with Gasteiger partial charge < -0.3 is 9.64 Å². The van der Waals surface area contributed by atoms with E-state index in [1.54, 1.807) is 35.2 Å². The maximum absolute atomic E-state index is 14.0. The highest BCUT2D eigenvalue weighted by Crippen LogP contribution is 2.20. The minimum absolute atomic E-state index is 0.152. The Balaban J connectivity index is 1.98. The van der Waals surface area contributed by atoms with Gasteiger partial charge in [0.2, 0.25) is 0 Å². The molecule has 0 aliphatic rings. The summed E-state index contributed by atoms with van der Waals surface area (Å²) in [4.78, 5) is 26.9. The van der Waals surface area contributed by atoms with Gasteiger partial charge in [0.25, 0.3) is 11.5 Å². The van der Waals surface area contributed by atoms with Crippen LogP contribution in [-0.4, -0.2) is 34.2 Å². The van der Waals surface area contributed by atoms with E-state index in [0.717, 1.165) is 4.68 Å². The maximum atomic E-state index is 14.0. The molecule has 1 aromatic heterocycles. The van der Waals surface area contributed by atoms with Gasteiger partial charge in [-0.2, -0.15) is 5.10 Å². The molecule has 0 atom stereocenters. The van der Waals surface area contributed by atoms with Crippen molar-refractivity contribution in [3.05, 3.63) is 69.9 Å². The van der Waals surface area contributed by atoms with Crippen molar-refractivity contribution in [3.63, 3.8) is 0 Å². The summed E-state index contributed by atoms with van der Waals surface area (Å²) in [6.45, 7) is 2.46. The Morgan fingerprint density at radius 2 is 1.93 bits per heavy atom. The summed E-state index contributed by atoms with van der Waals surface area (Å²) < 4.78 is 20.0. The van der Waals surface area contributed by atoms with Crippen LogP contribution in [0.4, 0.5) is 4.39 Å². The molecule has 140 valence electrons. The Labute approximate surface area is 155 Å². The zero-order valence-corrected chi connectivity index (χ0v) is 15.4. The second-order valence-electron chi connectivity index (χ2n) is 6.11. The highest BCUT2D eigenvalue weighted by molar-refractivity contribution is 6.04. The monoisotopic (exact) mass is 369 g/mol. The van der Waals surface area contributed by atoms with Crippen molar-refractivity contribution in [1.29, 1.82) is 0 Å². The minimum atomic E-state index is -0.482. The Morgan fingerprint density at radius 1 is 1.22 bits per heavy atom. The van der Waals surface area contributed by atoms with Crippen molar-refractivity contribution in [2.45, 2.75) is 13.5 Å². The number of aromatic nitrogens is 2. The topological polar surface area (TPSA) is 64.4 Å².